The minimum Gasteiger partial charge on any atom is -0.311 e. The molecular formula is C21H25N5O3S2. The standard InChI is InChI=1S/C21H25N5O3S2/c27-20(24-21-23-17-9-10-22-13-18(17)30-21)19(25-26-11-1-2-12-26)14-3-5-15(6-4-14)31(28,29)16-7-8-16/h3-6,16,22H,1-2,7-13H2,(H,23,24,27)/b25-19+. The van der Waals surface area contributed by atoms with Crippen LogP contribution in [0.5, 0.6) is 0 Å². The summed E-state index contributed by atoms with van der Waals surface area (Å²) < 4.78 is 25.0. The number of fused-ring (bicyclic) bond motifs is 1. The molecule has 1 saturated carbocycles. The summed E-state index contributed by atoms with van der Waals surface area (Å²) in [5.74, 6) is -0.330. The number of hydrazone groups is 1. The molecule has 164 valence electrons. The molecule has 0 atom stereocenters. The molecule has 2 aliphatic heterocycles. The first-order valence-corrected chi connectivity index (χ1v) is 13.1. The summed E-state index contributed by atoms with van der Waals surface area (Å²) in [6, 6.07) is 6.54. The predicted octanol–water partition coefficient (Wildman–Crippen LogP) is 2.16. The number of thiazole rings is 1. The number of hydrogen-bond donors (Lipinski definition) is 2. The van der Waals surface area contributed by atoms with Gasteiger partial charge in [-0.3, -0.25) is 15.1 Å². The summed E-state index contributed by atoms with van der Waals surface area (Å²) in [4.78, 5) is 19.2. The summed E-state index contributed by atoms with van der Waals surface area (Å²) in [6.07, 6.45) is 4.39. The fraction of sp³-hybridized carbons (Fsp3) is 0.476. The number of nitrogens with one attached hydrogen (secondary N) is 2. The van der Waals surface area contributed by atoms with E-state index in [1.165, 1.54) is 11.3 Å². The Hall–Kier alpha value is -2.30. The van der Waals surface area contributed by atoms with Crippen LogP contribution in [-0.2, 0) is 27.6 Å². The minimum atomic E-state index is -3.27. The smallest absolute Gasteiger partial charge is 0.278 e. The lowest BCUT2D eigenvalue weighted by atomic mass is 10.1. The second-order valence-corrected chi connectivity index (χ2v) is 11.5. The Kier molecular flexibility index (Phi) is 5.53. The molecule has 10 heteroatoms. The number of amides is 1. The van der Waals surface area contributed by atoms with E-state index in [-0.39, 0.29) is 16.9 Å². The number of hydrogen-bond acceptors (Lipinski definition) is 8. The summed E-state index contributed by atoms with van der Waals surface area (Å²) >= 11 is 1.48. The lowest BCUT2D eigenvalue weighted by molar-refractivity contribution is -0.110. The summed E-state index contributed by atoms with van der Waals surface area (Å²) in [7, 11) is -3.27. The van der Waals surface area contributed by atoms with Gasteiger partial charge >= 0.3 is 0 Å². The first-order chi connectivity index (χ1) is 15.0. The molecule has 8 nitrogen and oxygen atoms in total. The number of benzene rings is 1. The Morgan fingerprint density at radius 2 is 1.94 bits per heavy atom. The zero-order chi connectivity index (χ0) is 21.4. The van der Waals surface area contributed by atoms with Crippen molar-refractivity contribution in [1.82, 2.24) is 15.3 Å². The van der Waals surface area contributed by atoms with E-state index in [1.54, 1.807) is 24.3 Å². The van der Waals surface area contributed by atoms with Crippen molar-refractivity contribution in [3.05, 3.63) is 40.4 Å². The van der Waals surface area contributed by atoms with Gasteiger partial charge in [-0.25, -0.2) is 13.4 Å². The number of sulfone groups is 1. The molecule has 5 rings (SSSR count). The Morgan fingerprint density at radius 3 is 2.61 bits per heavy atom. The maximum atomic E-state index is 13.2. The van der Waals surface area contributed by atoms with E-state index in [4.69, 9.17) is 0 Å². The van der Waals surface area contributed by atoms with E-state index >= 15 is 0 Å². The highest BCUT2D eigenvalue weighted by Crippen LogP contribution is 2.33. The van der Waals surface area contributed by atoms with E-state index in [2.05, 4.69) is 20.7 Å². The van der Waals surface area contributed by atoms with Gasteiger partial charge in [0.05, 0.1) is 15.8 Å². The summed E-state index contributed by atoms with van der Waals surface area (Å²) in [6.45, 7) is 3.28. The number of nitrogens with zero attached hydrogens (tertiary/aromatic N) is 3. The highest BCUT2D eigenvalue weighted by atomic mass is 32.2. The van der Waals surface area contributed by atoms with Crippen molar-refractivity contribution in [2.75, 3.05) is 25.0 Å². The molecule has 3 aliphatic rings. The van der Waals surface area contributed by atoms with Crippen LogP contribution < -0.4 is 10.6 Å². The zero-order valence-corrected chi connectivity index (χ0v) is 18.8. The van der Waals surface area contributed by atoms with Gasteiger partial charge < -0.3 is 5.32 Å². The van der Waals surface area contributed by atoms with E-state index in [1.807, 2.05) is 5.01 Å². The van der Waals surface area contributed by atoms with Crippen LogP contribution in [0.1, 0.15) is 41.8 Å². The van der Waals surface area contributed by atoms with Gasteiger partial charge in [0.25, 0.3) is 5.91 Å². The van der Waals surface area contributed by atoms with Gasteiger partial charge in [-0.15, -0.1) is 11.3 Å². The molecule has 1 saturated heterocycles. The van der Waals surface area contributed by atoms with Crippen molar-refractivity contribution in [3.63, 3.8) is 0 Å². The van der Waals surface area contributed by atoms with E-state index < -0.39 is 9.84 Å². The molecule has 0 spiro atoms. The quantitative estimate of drug-likeness (QED) is 0.642. The Balaban J connectivity index is 1.41. The van der Waals surface area contributed by atoms with E-state index in [0.717, 1.165) is 68.9 Å². The van der Waals surface area contributed by atoms with Crippen LogP contribution in [0.4, 0.5) is 5.13 Å². The summed E-state index contributed by atoms with van der Waals surface area (Å²) in [5.41, 5.74) is 1.91. The second kappa shape index (κ2) is 8.33. The van der Waals surface area contributed by atoms with Gasteiger partial charge in [0.15, 0.2) is 20.7 Å². The highest BCUT2D eigenvalue weighted by molar-refractivity contribution is 7.92. The molecule has 0 unspecified atom stereocenters. The molecule has 31 heavy (non-hydrogen) atoms. The Morgan fingerprint density at radius 1 is 1.19 bits per heavy atom. The van der Waals surface area contributed by atoms with Crippen LogP contribution >= 0.6 is 11.3 Å². The topological polar surface area (TPSA) is 104 Å². The van der Waals surface area contributed by atoms with Crippen LogP contribution in [0.2, 0.25) is 0 Å². The lowest BCUT2D eigenvalue weighted by Gasteiger charge is -2.14. The molecule has 1 aliphatic carbocycles. The maximum Gasteiger partial charge on any atom is 0.278 e. The van der Waals surface area contributed by atoms with Gasteiger partial charge in [-0.1, -0.05) is 12.1 Å². The molecule has 2 N–H and O–H groups in total. The van der Waals surface area contributed by atoms with Crippen molar-refractivity contribution in [1.29, 1.82) is 0 Å². The normalized spacial score (nSPS) is 19.4. The molecule has 0 bridgehead atoms. The van der Waals surface area contributed by atoms with E-state index in [0.29, 0.717) is 15.6 Å². The number of aromatic nitrogens is 1. The van der Waals surface area contributed by atoms with Crippen LogP contribution in [0.15, 0.2) is 34.3 Å². The number of anilines is 1. The van der Waals surface area contributed by atoms with Gasteiger partial charge in [0, 0.05) is 43.0 Å². The molecule has 2 fully saturated rings. The van der Waals surface area contributed by atoms with Gasteiger partial charge in [-0.05, 0) is 37.8 Å². The lowest BCUT2D eigenvalue weighted by Crippen LogP contribution is -2.27. The monoisotopic (exact) mass is 459 g/mol. The molecule has 0 radical (unpaired) electrons. The average molecular weight is 460 g/mol. The van der Waals surface area contributed by atoms with Crippen molar-refractivity contribution >= 4 is 37.9 Å². The fourth-order valence-electron chi connectivity index (χ4n) is 3.88. The number of carbonyl (C=O) groups is 1. The van der Waals surface area contributed by atoms with Crippen molar-refractivity contribution < 1.29 is 13.2 Å². The third kappa shape index (κ3) is 4.37. The molecule has 3 heterocycles. The first kappa shape index (κ1) is 20.6. The van der Waals surface area contributed by atoms with Crippen LogP contribution in [0.25, 0.3) is 0 Å². The molecule has 1 aromatic carbocycles. The largest absolute Gasteiger partial charge is 0.311 e. The van der Waals surface area contributed by atoms with Crippen molar-refractivity contribution in [2.24, 2.45) is 5.10 Å². The Labute approximate surface area is 185 Å². The molecule has 1 aromatic heterocycles. The van der Waals surface area contributed by atoms with Gasteiger partial charge in [-0.2, -0.15) is 5.10 Å². The van der Waals surface area contributed by atoms with Crippen LogP contribution in [-0.4, -0.2) is 54.9 Å². The zero-order valence-electron chi connectivity index (χ0n) is 17.1. The van der Waals surface area contributed by atoms with Gasteiger partial charge in [0.1, 0.15) is 0 Å². The molecule has 1 amide bonds. The number of carbonyl (C=O) groups excluding carboxylic acids is 1. The third-order valence-corrected chi connectivity index (χ3v) is 9.07. The maximum absolute atomic E-state index is 13.2. The van der Waals surface area contributed by atoms with Crippen molar-refractivity contribution in [2.45, 2.75) is 48.8 Å². The molecule has 2 aromatic rings. The SMILES string of the molecule is O=C(Nc1nc2c(s1)CNCC2)/C(=N/N1CCCC1)c1ccc(S(=O)(=O)C2CC2)cc1. The molecular weight excluding hydrogens is 434 g/mol. The predicted molar refractivity (Wildman–Crippen MR) is 120 cm³/mol. The van der Waals surface area contributed by atoms with Gasteiger partial charge in [0.2, 0.25) is 0 Å². The van der Waals surface area contributed by atoms with Crippen LogP contribution in [0, 0.1) is 0 Å². The first-order valence-electron chi connectivity index (χ1n) is 10.7. The van der Waals surface area contributed by atoms with Crippen LogP contribution in [0.3, 0.4) is 0 Å². The third-order valence-electron chi connectivity index (χ3n) is 5.78. The number of rotatable bonds is 6. The fourth-order valence-corrected chi connectivity index (χ4v) is 6.51. The summed E-state index contributed by atoms with van der Waals surface area (Å²) in [5, 5.41) is 13.1. The van der Waals surface area contributed by atoms with E-state index in [9.17, 15) is 13.2 Å². The average Bonchev–Trinajstić information content (AvgIpc) is 3.37. The second-order valence-electron chi connectivity index (χ2n) is 8.15. The highest BCUT2D eigenvalue weighted by Gasteiger charge is 2.36. The Bertz CT molecular complexity index is 1090. The van der Waals surface area contributed by atoms with Crippen molar-refractivity contribution in [3.8, 4) is 0 Å². The minimum absolute atomic E-state index is 0.259.